The van der Waals surface area contributed by atoms with Gasteiger partial charge in [0.15, 0.2) is 11.4 Å². The van der Waals surface area contributed by atoms with Crippen LogP contribution in [-0.2, 0) is 0 Å². The van der Waals surface area contributed by atoms with E-state index in [1.807, 2.05) is 56.3 Å². The minimum Gasteiger partial charge on any atom is -0.494 e. The Morgan fingerprint density at radius 3 is 2.39 bits per heavy atom. The summed E-state index contributed by atoms with van der Waals surface area (Å²) in [7, 11) is 5.28. The first kappa shape index (κ1) is 19.2. The molecule has 1 aromatic heterocycles. The van der Waals surface area contributed by atoms with Crippen molar-refractivity contribution in [2.45, 2.75) is 6.92 Å². The zero-order chi connectivity index (χ0) is 20.3. The van der Waals surface area contributed by atoms with Crippen LogP contribution in [0.25, 0.3) is 5.69 Å². The smallest absolute Gasteiger partial charge is 0.279 e. The molecule has 0 radical (unpaired) electrons. The summed E-state index contributed by atoms with van der Waals surface area (Å²) >= 11 is 0. The largest absolute Gasteiger partial charge is 0.494 e. The fourth-order valence-corrected chi connectivity index (χ4v) is 2.76. The average molecular weight is 378 g/mol. The molecule has 0 bridgehead atoms. The van der Waals surface area contributed by atoms with E-state index in [9.17, 15) is 9.59 Å². The van der Waals surface area contributed by atoms with Gasteiger partial charge < -0.3 is 15.0 Å². The standard InChI is InChI=1S/C21H22N4O3/c1-14-7-5-6-8-17(14)25-19(26)13-18(28-4)20(23-25)21(27)22-15-9-11-16(12-10-15)24(2)3/h5-13H,1-4H3,(H,22,27). The lowest BCUT2D eigenvalue weighted by Crippen LogP contribution is -2.26. The Morgan fingerprint density at radius 1 is 1.11 bits per heavy atom. The van der Waals surface area contributed by atoms with Gasteiger partial charge in [-0.05, 0) is 42.8 Å². The van der Waals surface area contributed by atoms with E-state index in [0.29, 0.717) is 11.4 Å². The van der Waals surface area contributed by atoms with Gasteiger partial charge in [0.2, 0.25) is 0 Å². The topological polar surface area (TPSA) is 76.5 Å². The first-order valence-electron chi connectivity index (χ1n) is 8.74. The number of amides is 1. The molecule has 0 spiro atoms. The quantitative estimate of drug-likeness (QED) is 0.739. The maximum atomic E-state index is 12.8. The van der Waals surface area contributed by atoms with E-state index >= 15 is 0 Å². The number of nitrogens with zero attached hydrogens (tertiary/aromatic N) is 3. The fraction of sp³-hybridized carbons (Fsp3) is 0.190. The third kappa shape index (κ3) is 3.88. The van der Waals surface area contributed by atoms with Crippen molar-refractivity contribution < 1.29 is 9.53 Å². The highest BCUT2D eigenvalue weighted by Gasteiger charge is 2.19. The van der Waals surface area contributed by atoms with Crippen LogP contribution in [0.5, 0.6) is 5.75 Å². The number of benzene rings is 2. The molecule has 0 aliphatic heterocycles. The van der Waals surface area contributed by atoms with Crippen LogP contribution in [0.4, 0.5) is 11.4 Å². The minimum absolute atomic E-state index is 0.0297. The van der Waals surface area contributed by atoms with Crippen LogP contribution in [0.3, 0.4) is 0 Å². The predicted octanol–water partition coefficient (Wildman–Crippen LogP) is 2.87. The van der Waals surface area contributed by atoms with Crippen molar-refractivity contribution in [3.63, 3.8) is 0 Å². The summed E-state index contributed by atoms with van der Waals surface area (Å²) in [6.07, 6.45) is 0. The Kier molecular flexibility index (Phi) is 5.44. The van der Waals surface area contributed by atoms with E-state index in [1.54, 1.807) is 18.2 Å². The molecule has 1 N–H and O–H groups in total. The van der Waals surface area contributed by atoms with Gasteiger partial charge in [-0.15, -0.1) is 0 Å². The zero-order valence-corrected chi connectivity index (χ0v) is 16.3. The molecule has 144 valence electrons. The summed E-state index contributed by atoms with van der Waals surface area (Å²) in [6, 6.07) is 16.0. The predicted molar refractivity (Wildman–Crippen MR) is 110 cm³/mol. The lowest BCUT2D eigenvalue weighted by atomic mass is 10.2. The molecule has 3 aromatic rings. The molecule has 7 nitrogen and oxygen atoms in total. The van der Waals surface area contributed by atoms with Gasteiger partial charge in [0.1, 0.15) is 0 Å². The Morgan fingerprint density at radius 2 is 1.79 bits per heavy atom. The number of aromatic nitrogens is 2. The van der Waals surface area contributed by atoms with Gasteiger partial charge in [-0.2, -0.15) is 9.78 Å². The highest BCUT2D eigenvalue weighted by Crippen LogP contribution is 2.20. The molecule has 2 aromatic carbocycles. The first-order chi connectivity index (χ1) is 13.4. The van der Waals surface area contributed by atoms with Gasteiger partial charge >= 0.3 is 0 Å². The van der Waals surface area contributed by atoms with Gasteiger partial charge in [0.05, 0.1) is 18.9 Å². The number of anilines is 2. The van der Waals surface area contributed by atoms with Crippen LogP contribution in [0.15, 0.2) is 59.4 Å². The van der Waals surface area contributed by atoms with Crippen molar-refractivity contribution in [3.8, 4) is 11.4 Å². The van der Waals surface area contributed by atoms with Gasteiger partial charge in [-0.3, -0.25) is 9.59 Å². The normalized spacial score (nSPS) is 10.4. The molecule has 0 atom stereocenters. The summed E-state index contributed by atoms with van der Waals surface area (Å²) in [5.74, 6) is -0.339. The number of aryl methyl sites for hydroxylation is 1. The number of carbonyl (C=O) groups excluding carboxylic acids is 1. The number of para-hydroxylation sites is 1. The van der Waals surface area contributed by atoms with E-state index in [1.165, 1.54) is 17.9 Å². The van der Waals surface area contributed by atoms with Gasteiger partial charge in [0.25, 0.3) is 11.5 Å². The van der Waals surface area contributed by atoms with Crippen molar-refractivity contribution in [2.24, 2.45) is 0 Å². The zero-order valence-electron chi connectivity index (χ0n) is 16.3. The molecule has 0 saturated heterocycles. The molecule has 0 fully saturated rings. The van der Waals surface area contributed by atoms with E-state index in [2.05, 4.69) is 10.4 Å². The number of hydrogen-bond donors (Lipinski definition) is 1. The molecule has 28 heavy (non-hydrogen) atoms. The molecule has 0 saturated carbocycles. The number of rotatable bonds is 5. The van der Waals surface area contributed by atoms with Crippen molar-refractivity contribution in [2.75, 3.05) is 31.4 Å². The number of nitrogens with one attached hydrogen (secondary N) is 1. The number of ether oxygens (including phenoxy) is 1. The van der Waals surface area contributed by atoms with E-state index in [4.69, 9.17) is 4.74 Å². The number of methoxy groups -OCH3 is 1. The van der Waals surface area contributed by atoms with Crippen molar-refractivity contribution >= 4 is 17.3 Å². The summed E-state index contributed by atoms with van der Waals surface area (Å²) in [5, 5.41) is 7.07. The Hall–Kier alpha value is -3.61. The molecular formula is C21H22N4O3. The summed E-state index contributed by atoms with van der Waals surface area (Å²) in [5.41, 5.74) is 2.77. The van der Waals surface area contributed by atoms with Gasteiger partial charge in [-0.1, -0.05) is 18.2 Å². The SMILES string of the molecule is COc1cc(=O)n(-c2ccccc2C)nc1C(=O)Nc1ccc(N(C)C)cc1. The van der Waals surface area contributed by atoms with Crippen molar-refractivity contribution in [3.05, 3.63) is 76.2 Å². The fourth-order valence-electron chi connectivity index (χ4n) is 2.76. The average Bonchev–Trinajstić information content (AvgIpc) is 2.68. The lowest BCUT2D eigenvalue weighted by Gasteiger charge is -2.14. The highest BCUT2D eigenvalue weighted by molar-refractivity contribution is 6.04. The second kappa shape index (κ2) is 7.96. The summed E-state index contributed by atoms with van der Waals surface area (Å²) in [4.78, 5) is 27.2. The molecule has 0 aliphatic rings. The Balaban J connectivity index is 1.98. The molecule has 1 amide bonds. The third-order valence-corrected chi connectivity index (χ3v) is 4.32. The minimum atomic E-state index is -0.461. The number of carbonyl (C=O) groups is 1. The van der Waals surface area contributed by atoms with Crippen LogP contribution in [-0.4, -0.2) is 36.9 Å². The lowest BCUT2D eigenvalue weighted by molar-refractivity contribution is 0.101. The molecule has 0 aliphatic carbocycles. The maximum Gasteiger partial charge on any atom is 0.279 e. The summed E-state index contributed by atoms with van der Waals surface area (Å²) in [6.45, 7) is 1.87. The van der Waals surface area contributed by atoms with E-state index in [0.717, 1.165) is 11.3 Å². The van der Waals surface area contributed by atoms with Crippen molar-refractivity contribution in [1.29, 1.82) is 0 Å². The molecule has 7 heteroatoms. The van der Waals surface area contributed by atoms with Gasteiger partial charge in [0, 0.05) is 25.5 Å². The van der Waals surface area contributed by atoms with E-state index in [-0.39, 0.29) is 17.0 Å². The second-order valence-corrected chi connectivity index (χ2v) is 6.49. The first-order valence-corrected chi connectivity index (χ1v) is 8.74. The summed E-state index contributed by atoms with van der Waals surface area (Å²) < 4.78 is 6.42. The number of hydrogen-bond acceptors (Lipinski definition) is 5. The monoisotopic (exact) mass is 378 g/mol. The maximum absolute atomic E-state index is 12.8. The molecule has 1 heterocycles. The molecule has 0 unspecified atom stereocenters. The van der Waals surface area contributed by atoms with Crippen molar-refractivity contribution in [1.82, 2.24) is 9.78 Å². The highest BCUT2D eigenvalue weighted by atomic mass is 16.5. The van der Waals surface area contributed by atoms with E-state index < -0.39 is 5.91 Å². The van der Waals surface area contributed by atoms with Crippen LogP contribution in [0, 0.1) is 6.92 Å². The van der Waals surface area contributed by atoms with Crippen LogP contribution >= 0.6 is 0 Å². The Bertz CT molecular complexity index is 1060. The van der Waals surface area contributed by atoms with Crippen LogP contribution < -0.4 is 20.5 Å². The Labute approximate surface area is 163 Å². The molecule has 3 rings (SSSR count). The van der Waals surface area contributed by atoms with Crippen LogP contribution in [0.2, 0.25) is 0 Å². The van der Waals surface area contributed by atoms with Crippen LogP contribution in [0.1, 0.15) is 16.1 Å². The second-order valence-electron chi connectivity index (χ2n) is 6.49. The van der Waals surface area contributed by atoms with Gasteiger partial charge in [-0.25, -0.2) is 0 Å². The third-order valence-electron chi connectivity index (χ3n) is 4.32. The molecular weight excluding hydrogens is 356 g/mol.